The Morgan fingerprint density at radius 1 is 1.21 bits per heavy atom. The molecule has 2 aromatic rings. The Morgan fingerprint density at radius 3 is 2.48 bits per heavy atom. The number of esters is 2. The highest BCUT2D eigenvalue weighted by molar-refractivity contribution is 5.89. The highest BCUT2D eigenvalue weighted by Crippen LogP contribution is 2.14. The number of aromatic nitrogens is 2. The summed E-state index contributed by atoms with van der Waals surface area (Å²) in [4.78, 5) is 48.3. The summed E-state index contributed by atoms with van der Waals surface area (Å²) in [7, 11) is 2.74. The Morgan fingerprint density at radius 2 is 1.86 bits per heavy atom. The number of ether oxygens (including phenoxy) is 2. The third kappa shape index (κ3) is 5.40. The third-order valence-corrected chi connectivity index (χ3v) is 4.69. The molecule has 2 atom stereocenters. The molecule has 0 aliphatic rings. The zero-order valence-electron chi connectivity index (χ0n) is 16.9. The molecule has 156 valence electrons. The summed E-state index contributed by atoms with van der Waals surface area (Å²) < 4.78 is 10.9. The molecule has 1 amide bonds. The number of nitrogens with one attached hydrogen (secondary N) is 1. The standard InChI is InChI=1S/C20H25N3O6/c1-5-12(2)18(20(27)28-4)21-16(24)11-29-17(25)10-15-13-8-6-7-9-14(13)19(26)23(3)22-15/h6-9,12,18H,5,10-11H2,1-4H3,(H,21,24)/t12-,18+/m0/s1. The Balaban J connectivity index is 2.02. The van der Waals surface area contributed by atoms with Crippen LogP contribution in [0.25, 0.3) is 10.8 Å². The molecule has 0 spiro atoms. The van der Waals surface area contributed by atoms with Crippen LogP contribution in [-0.4, -0.2) is 47.4 Å². The number of carbonyl (C=O) groups is 3. The van der Waals surface area contributed by atoms with Crippen LogP contribution in [0.5, 0.6) is 0 Å². The molecule has 9 nitrogen and oxygen atoms in total. The Hall–Kier alpha value is -3.23. The summed E-state index contributed by atoms with van der Waals surface area (Å²) >= 11 is 0. The smallest absolute Gasteiger partial charge is 0.328 e. The molecule has 1 aromatic carbocycles. The van der Waals surface area contributed by atoms with Crippen molar-refractivity contribution in [2.75, 3.05) is 13.7 Å². The molecule has 0 radical (unpaired) electrons. The van der Waals surface area contributed by atoms with Gasteiger partial charge in [0.2, 0.25) is 0 Å². The lowest BCUT2D eigenvalue weighted by Gasteiger charge is -2.21. The number of benzene rings is 1. The van der Waals surface area contributed by atoms with Gasteiger partial charge in [-0.1, -0.05) is 38.5 Å². The molecule has 0 aliphatic carbocycles. The molecule has 0 saturated carbocycles. The van der Waals surface area contributed by atoms with E-state index in [1.807, 2.05) is 13.8 Å². The van der Waals surface area contributed by atoms with Crippen molar-refractivity contribution in [2.24, 2.45) is 13.0 Å². The van der Waals surface area contributed by atoms with E-state index in [2.05, 4.69) is 10.4 Å². The average Bonchev–Trinajstić information content (AvgIpc) is 2.73. The fourth-order valence-corrected chi connectivity index (χ4v) is 2.85. The number of hydrogen-bond donors (Lipinski definition) is 1. The van der Waals surface area contributed by atoms with Gasteiger partial charge >= 0.3 is 11.9 Å². The number of hydrogen-bond acceptors (Lipinski definition) is 7. The van der Waals surface area contributed by atoms with Gasteiger partial charge in [-0.3, -0.25) is 14.4 Å². The number of rotatable bonds is 8. The Kier molecular flexibility index (Phi) is 7.46. The second-order valence-corrected chi connectivity index (χ2v) is 6.71. The minimum atomic E-state index is -0.814. The molecule has 0 unspecified atom stereocenters. The highest BCUT2D eigenvalue weighted by Gasteiger charge is 2.27. The molecule has 1 aromatic heterocycles. The van der Waals surface area contributed by atoms with Crippen LogP contribution in [0.4, 0.5) is 0 Å². The number of aryl methyl sites for hydroxylation is 1. The number of nitrogens with zero attached hydrogens (tertiary/aromatic N) is 2. The molecule has 0 bridgehead atoms. The van der Waals surface area contributed by atoms with Crippen molar-refractivity contribution >= 4 is 28.6 Å². The van der Waals surface area contributed by atoms with Crippen molar-refractivity contribution in [2.45, 2.75) is 32.7 Å². The number of amides is 1. The molecular weight excluding hydrogens is 378 g/mol. The first-order chi connectivity index (χ1) is 13.8. The van der Waals surface area contributed by atoms with Crippen molar-refractivity contribution in [1.29, 1.82) is 0 Å². The van der Waals surface area contributed by atoms with Crippen LogP contribution in [-0.2, 0) is 37.3 Å². The van der Waals surface area contributed by atoms with Gasteiger partial charge in [0.05, 0.1) is 24.6 Å². The first-order valence-electron chi connectivity index (χ1n) is 9.26. The summed E-state index contributed by atoms with van der Waals surface area (Å²) in [6.07, 6.45) is 0.457. The van der Waals surface area contributed by atoms with Crippen LogP contribution in [0.1, 0.15) is 26.0 Å². The number of fused-ring (bicyclic) bond motifs is 1. The SMILES string of the molecule is CC[C@H](C)[C@@H](NC(=O)COC(=O)Cc1nn(C)c(=O)c2ccccc12)C(=O)OC. The predicted molar refractivity (Wildman–Crippen MR) is 105 cm³/mol. The van der Waals surface area contributed by atoms with E-state index < -0.39 is 30.5 Å². The molecule has 2 rings (SSSR count). The maximum absolute atomic E-state index is 12.2. The van der Waals surface area contributed by atoms with Crippen molar-refractivity contribution in [3.05, 3.63) is 40.3 Å². The Bertz CT molecular complexity index is 968. The fraction of sp³-hybridized carbons (Fsp3) is 0.450. The van der Waals surface area contributed by atoms with E-state index >= 15 is 0 Å². The van der Waals surface area contributed by atoms with Crippen LogP contribution in [0.2, 0.25) is 0 Å². The van der Waals surface area contributed by atoms with Gasteiger partial charge in [0, 0.05) is 12.4 Å². The quantitative estimate of drug-likeness (QED) is 0.646. The summed E-state index contributed by atoms with van der Waals surface area (Å²) in [6.45, 7) is 3.16. The van der Waals surface area contributed by atoms with E-state index in [-0.39, 0.29) is 17.9 Å². The summed E-state index contributed by atoms with van der Waals surface area (Å²) in [5, 5.41) is 7.66. The average molecular weight is 403 g/mol. The van der Waals surface area contributed by atoms with E-state index in [0.29, 0.717) is 22.9 Å². The van der Waals surface area contributed by atoms with Crippen molar-refractivity contribution in [3.8, 4) is 0 Å². The molecule has 0 fully saturated rings. The van der Waals surface area contributed by atoms with Gasteiger partial charge < -0.3 is 14.8 Å². The summed E-state index contributed by atoms with van der Waals surface area (Å²) in [6, 6.07) is 6.01. The van der Waals surface area contributed by atoms with Crippen molar-refractivity contribution < 1.29 is 23.9 Å². The second-order valence-electron chi connectivity index (χ2n) is 6.71. The zero-order chi connectivity index (χ0) is 21.6. The third-order valence-electron chi connectivity index (χ3n) is 4.69. The maximum Gasteiger partial charge on any atom is 0.328 e. The minimum absolute atomic E-state index is 0.136. The Labute approximate surface area is 168 Å². The minimum Gasteiger partial charge on any atom is -0.467 e. The van der Waals surface area contributed by atoms with E-state index in [4.69, 9.17) is 9.47 Å². The van der Waals surface area contributed by atoms with Crippen molar-refractivity contribution in [3.63, 3.8) is 0 Å². The van der Waals surface area contributed by atoms with Gasteiger partial charge in [-0.05, 0) is 12.0 Å². The van der Waals surface area contributed by atoms with E-state index in [1.165, 1.54) is 14.2 Å². The fourth-order valence-electron chi connectivity index (χ4n) is 2.85. The topological polar surface area (TPSA) is 117 Å². The molecule has 1 heterocycles. The van der Waals surface area contributed by atoms with Gasteiger partial charge in [0.15, 0.2) is 6.61 Å². The zero-order valence-corrected chi connectivity index (χ0v) is 16.9. The highest BCUT2D eigenvalue weighted by atomic mass is 16.5. The lowest BCUT2D eigenvalue weighted by Crippen LogP contribution is -2.47. The van der Waals surface area contributed by atoms with Crippen LogP contribution < -0.4 is 10.9 Å². The molecule has 9 heteroatoms. The van der Waals surface area contributed by atoms with Crippen LogP contribution in [0, 0.1) is 5.92 Å². The molecule has 29 heavy (non-hydrogen) atoms. The van der Waals surface area contributed by atoms with Gasteiger partial charge in [-0.2, -0.15) is 5.10 Å². The monoisotopic (exact) mass is 403 g/mol. The lowest BCUT2D eigenvalue weighted by molar-refractivity contribution is -0.150. The summed E-state index contributed by atoms with van der Waals surface area (Å²) in [5.74, 6) is -1.97. The number of carbonyl (C=O) groups excluding carboxylic acids is 3. The van der Waals surface area contributed by atoms with Crippen LogP contribution >= 0.6 is 0 Å². The largest absolute Gasteiger partial charge is 0.467 e. The van der Waals surface area contributed by atoms with E-state index in [1.54, 1.807) is 24.3 Å². The van der Waals surface area contributed by atoms with Gasteiger partial charge in [-0.25, -0.2) is 9.48 Å². The predicted octanol–water partition coefficient (Wildman–Crippen LogP) is 0.723. The van der Waals surface area contributed by atoms with E-state index in [9.17, 15) is 19.2 Å². The van der Waals surface area contributed by atoms with Crippen molar-refractivity contribution in [1.82, 2.24) is 15.1 Å². The van der Waals surface area contributed by atoms with E-state index in [0.717, 1.165) is 4.68 Å². The van der Waals surface area contributed by atoms with Crippen LogP contribution in [0.15, 0.2) is 29.1 Å². The maximum atomic E-state index is 12.2. The van der Waals surface area contributed by atoms with Crippen LogP contribution in [0.3, 0.4) is 0 Å². The molecule has 0 aliphatic heterocycles. The summed E-state index contributed by atoms with van der Waals surface area (Å²) in [5.41, 5.74) is 0.108. The number of methoxy groups -OCH3 is 1. The van der Waals surface area contributed by atoms with Gasteiger partial charge in [0.1, 0.15) is 6.04 Å². The molecule has 0 saturated heterocycles. The first-order valence-corrected chi connectivity index (χ1v) is 9.26. The molecule has 1 N–H and O–H groups in total. The second kappa shape index (κ2) is 9.81. The lowest BCUT2D eigenvalue weighted by atomic mass is 9.99. The normalized spacial score (nSPS) is 12.8. The van der Waals surface area contributed by atoms with Gasteiger partial charge in [-0.15, -0.1) is 0 Å². The first kappa shape index (κ1) is 22.1. The molecular formula is C20H25N3O6. The van der Waals surface area contributed by atoms with Gasteiger partial charge in [0.25, 0.3) is 11.5 Å².